The van der Waals surface area contributed by atoms with Crippen LogP contribution in [-0.2, 0) is 17.9 Å². The predicted molar refractivity (Wildman–Crippen MR) is 116 cm³/mol. The van der Waals surface area contributed by atoms with Crippen molar-refractivity contribution in [2.45, 2.75) is 18.0 Å². The van der Waals surface area contributed by atoms with Crippen LogP contribution in [0.3, 0.4) is 0 Å². The number of nitrogens with one attached hydrogen (secondary N) is 2. The highest BCUT2D eigenvalue weighted by molar-refractivity contribution is 7.98. The van der Waals surface area contributed by atoms with E-state index in [4.69, 9.17) is 4.74 Å². The molecule has 1 amide bonds. The van der Waals surface area contributed by atoms with Gasteiger partial charge in [0.25, 0.3) is 0 Å². The van der Waals surface area contributed by atoms with Crippen LogP contribution in [0.25, 0.3) is 0 Å². The third-order valence-corrected chi connectivity index (χ3v) is 4.95. The highest BCUT2D eigenvalue weighted by atomic mass is 32.2. The first-order valence-electron chi connectivity index (χ1n) is 9.00. The lowest BCUT2D eigenvalue weighted by molar-refractivity contribution is -0.120. The number of thioether (sulfide) groups is 1. The van der Waals surface area contributed by atoms with Crippen LogP contribution in [0.15, 0.2) is 58.4 Å². The maximum atomic E-state index is 12.1. The maximum Gasteiger partial charge on any atom is 0.239 e. The van der Waals surface area contributed by atoms with E-state index >= 15 is 0 Å². The number of hydrogen-bond donors (Lipinski definition) is 2. The molecule has 0 bridgehead atoms. The van der Waals surface area contributed by atoms with E-state index in [9.17, 15) is 4.79 Å². The van der Waals surface area contributed by atoms with Gasteiger partial charge in [-0.15, -0.1) is 11.8 Å². The normalized spacial score (nSPS) is 11.1. The summed E-state index contributed by atoms with van der Waals surface area (Å²) in [4.78, 5) is 19.6. The van der Waals surface area contributed by atoms with E-state index in [1.165, 1.54) is 10.5 Å². The summed E-state index contributed by atoms with van der Waals surface area (Å²) in [6.45, 7) is 1.35. The molecule has 0 heterocycles. The Hall–Kier alpha value is -2.67. The highest BCUT2D eigenvalue weighted by Gasteiger charge is 2.09. The molecule has 0 unspecified atom stereocenters. The molecule has 0 aliphatic heterocycles. The van der Waals surface area contributed by atoms with Crippen LogP contribution in [0.4, 0.5) is 0 Å². The molecule has 0 aliphatic carbocycles. The van der Waals surface area contributed by atoms with Gasteiger partial charge in [-0.3, -0.25) is 9.79 Å². The van der Waals surface area contributed by atoms with Gasteiger partial charge in [-0.1, -0.05) is 24.3 Å². The maximum absolute atomic E-state index is 12.1. The zero-order valence-corrected chi connectivity index (χ0v) is 17.7. The fraction of sp³-hybridized carbons (Fsp3) is 0.333. The SMILES string of the molecule is CN=C(NCC(=O)NCc1ccc(OC)cc1)N(C)Cc1ccc(SC)cc1. The Morgan fingerprint density at radius 1 is 1.07 bits per heavy atom. The number of rotatable bonds is 8. The van der Waals surface area contributed by atoms with E-state index in [0.717, 1.165) is 11.3 Å². The van der Waals surface area contributed by atoms with Gasteiger partial charge < -0.3 is 20.3 Å². The highest BCUT2D eigenvalue weighted by Crippen LogP contribution is 2.15. The number of nitrogens with zero attached hydrogens (tertiary/aromatic N) is 2. The van der Waals surface area contributed by atoms with Crippen molar-refractivity contribution in [3.05, 3.63) is 59.7 Å². The molecule has 0 atom stereocenters. The first kappa shape index (κ1) is 21.6. The lowest BCUT2D eigenvalue weighted by atomic mass is 10.2. The monoisotopic (exact) mass is 400 g/mol. The van der Waals surface area contributed by atoms with Crippen LogP contribution < -0.4 is 15.4 Å². The Morgan fingerprint density at radius 3 is 2.29 bits per heavy atom. The molecule has 0 saturated heterocycles. The summed E-state index contributed by atoms with van der Waals surface area (Å²) < 4.78 is 5.13. The van der Waals surface area contributed by atoms with E-state index in [0.29, 0.717) is 19.0 Å². The third kappa shape index (κ3) is 6.81. The van der Waals surface area contributed by atoms with Crippen molar-refractivity contribution in [2.24, 2.45) is 4.99 Å². The standard InChI is InChI=1S/C21H28N4O2S/c1-22-21(25(2)15-17-7-11-19(28-4)12-8-17)24-14-20(26)23-13-16-5-9-18(27-3)10-6-16/h5-12H,13-15H2,1-4H3,(H,22,24)(H,23,26). The van der Waals surface area contributed by atoms with Gasteiger partial charge in [-0.2, -0.15) is 0 Å². The number of carbonyl (C=O) groups excluding carboxylic acids is 1. The van der Waals surface area contributed by atoms with Crippen molar-refractivity contribution in [3.8, 4) is 5.75 Å². The quantitative estimate of drug-likeness (QED) is 0.405. The first-order chi connectivity index (χ1) is 13.5. The minimum atomic E-state index is -0.0882. The molecule has 0 saturated carbocycles. The van der Waals surface area contributed by atoms with Crippen molar-refractivity contribution >= 4 is 23.6 Å². The first-order valence-corrected chi connectivity index (χ1v) is 10.2. The summed E-state index contributed by atoms with van der Waals surface area (Å²) in [6, 6.07) is 16.1. The minimum absolute atomic E-state index is 0.0882. The molecule has 0 radical (unpaired) electrons. The Morgan fingerprint density at radius 2 is 1.71 bits per heavy atom. The number of guanidine groups is 1. The van der Waals surface area contributed by atoms with Crippen LogP contribution >= 0.6 is 11.8 Å². The Bertz CT molecular complexity index is 776. The topological polar surface area (TPSA) is 66.0 Å². The molecule has 0 aromatic heterocycles. The lowest BCUT2D eigenvalue weighted by Crippen LogP contribution is -2.43. The zero-order chi connectivity index (χ0) is 20.4. The van der Waals surface area contributed by atoms with Gasteiger partial charge in [0.05, 0.1) is 13.7 Å². The predicted octanol–water partition coefficient (Wildman–Crippen LogP) is 2.74. The van der Waals surface area contributed by atoms with Crippen LogP contribution in [0.5, 0.6) is 5.75 Å². The summed E-state index contributed by atoms with van der Waals surface area (Å²) in [5.74, 6) is 1.38. The molecule has 2 rings (SSSR count). The van der Waals surface area contributed by atoms with Crippen LogP contribution in [0.1, 0.15) is 11.1 Å². The van der Waals surface area contributed by atoms with E-state index in [-0.39, 0.29) is 12.5 Å². The molecule has 0 aliphatic rings. The number of benzene rings is 2. The second-order valence-electron chi connectivity index (χ2n) is 6.23. The third-order valence-electron chi connectivity index (χ3n) is 4.21. The average Bonchev–Trinajstić information content (AvgIpc) is 2.73. The molecule has 2 aromatic rings. The largest absolute Gasteiger partial charge is 0.497 e. The number of methoxy groups -OCH3 is 1. The van der Waals surface area contributed by atoms with Gasteiger partial charge in [0.1, 0.15) is 5.75 Å². The van der Waals surface area contributed by atoms with Crippen LogP contribution in [0.2, 0.25) is 0 Å². The van der Waals surface area contributed by atoms with Crippen molar-refractivity contribution in [1.29, 1.82) is 0 Å². The summed E-state index contributed by atoms with van der Waals surface area (Å²) in [7, 11) is 5.30. The van der Waals surface area contributed by atoms with Gasteiger partial charge in [0, 0.05) is 32.1 Å². The molecule has 0 spiro atoms. The molecule has 150 valence electrons. The summed E-state index contributed by atoms with van der Waals surface area (Å²) in [5, 5.41) is 6.01. The summed E-state index contributed by atoms with van der Waals surface area (Å²) in [6.07, 6.45) is 2.06. The second-order valence-corrected chi connectivity index (χ2v) is 7.11. The second kappa shape index (κ2) is 11.2. The Labute approximate surface area is 171 Å². The van der Waals surface area contributed by atoms with E-state index in [1.54, 1.807) is 25.9 Å². The van der Waals surface area contributed by atoms with E-state index < -0.39 is 0 Å². The van der Waals surface area contributed by atoms with E-state index in [1.807, 2.05) is 36.2 Å². The zero-order valence-electron chi connectivity index (χ0n) is 16.9. The molecular weight excluding hydrogens is 372 g/mol. The molecule has 2 N–H and O–H groups in total. The molecule has 28 heavy (non-hydrogen) atoms. The van der Waals surface area contributed by atoms with Gasteiger partial charge >= 0.3 is 0 Å². The van der Waals surface area contributed by atoms with Crippen molar-refractivity contribution in [1.82, 2.24) is 15.5 Å². The summed E-state index contributed by atoms with van der Waals surface area (Å²) in [5.41, 5.74) is 2.21. The molecular formula is C21H28N4O2S. The van der Waals surface area contributed by atoms with Crippen LogP contribution in [-0.4, -0.2) is 50.8 Å². The van der Waals surface area contributed by atoms with Gasteiger partial charge in [0.2, 0.25) is 5.91 Å². The molecule has 2 aromatic carbocycles. The number of carbonyl (C=O) groups is 1. The van der Waals surface area contributed by atoms with Crippen molar-refractivity contribution in [2.75, 3.05) is 34.0 Å². The fourth-order valence-electron chi connectivity index (χ4n) is 2.63. The van der Waals surface area contributed by atoms with Crippen molar-refractivity contribution in [3.63, 3.8) is 0 Å². The Balaban J connectivity index is 1.78. The fourth-order valence-corrected chi connectivity index (χ4v) is 3.04. The number of amides is 1. The number of ether oxygens (including phenoxy) is 1. The molecule has 0 fully saturated rings. The smallest absolute Gasteiger partial charge is 0.239 e. The van der Waals surface area contributed by atoms with Crippen molar-refractivity contribution < 1.29 is 9.53 Å². The van der Waals surface area contributed by atoms with Gasteiger partial charge in [-0.05, 0) is 41.6 Å². The van der Waals surface area contributed by atoms with Crippen LogP contribution in [0, 0.1) is 0 Å². The molecule has 7 heteroatoms. The van der Waals surface area contributed by atoms with E-state index in [2.05, 4.69) is 46.1 Å². The summed E-state index contributed by atoms with van der Waals surface area (Å²) >= 11 is 1.72. The Kier molecular flexibility index (Phi) is 8.68. The minimum Gasteiger partial charge on any atom is -0.497 e. The average molecular weight is 401 g/mol. The van der Waals surface area contributed by atoms with Gasteiger partial charge in [-0.25, -0.2) is 0 Å². The number of aliphatic imine (C=N–C) groups is 1. The molecule has 6 nitrogen and oxygen atoms in total. The lowest BCUT2D eigenvalue weighted by Gasteiger charge is -2.22. The van der Waals surface area contributed by atoms with Gasteiger partial charge in [0.15, 0.2) is 5.96 Å². The number of hydrogen-bond acceptors (Lipinski definition) is 4.